The Hall–Kier alpha value is -1.03. The van der Waals surface area contributed by atoms with Gasteiger partial charge in [0.1, 0.15) is 0 Å². The summed E-state index contributed by atoms with van der Waals surface area (Å²) < 4.78 is 19.4. The Bertz CT molecular complexity index is 453. The summed E-state index contributed by atoms with van der Waals surface area (Å²) in [6.07, 6.45) is 0. The normalized spacial score (nSPS) is 10.0. The molecule has 0 aliphatic carbocycles. The second-order valence-corrected chi connectivity index (χ2v) is 4.73. The van der Waals surface area contributed by atoms with Crippen LogP contribution in [0.1, 0.15) is 0 Å². The average Bonchev–Trinajstić information content (AvgIpc) is 2.22. The Morgan fingerprint density at radius 2 is 1.67 bits per heavy atom. The van der Waals surface area contributed by atoms with Crippen LogP contribution < -0.4 is 8.32 Å². The first kappa shape index (κ1) is 10.5. The van der Waals surface area contributed by atoms with Crippen molar-refractivity contribution in [3.05, 3.63) is 54.3 Å². The summed E-state index contributed by atoms with van der Waals surface area (Å²) in [5.74, 6) is 1.19. The van der Waals surface area contributed by atoms with Crippen LogP contribution in [0.15, 0.2) is 48.5 Å². The van der Waals surface area contributed by atoms with Crippen LogP contribution in [0.5, 0.6) is 11.5 Å². The number of halogens is 1. The van der Waals surface area contributed by atoms with E-state index >= 15 is 0 Å². The zero-order valence-corrected chi connectivity index (χ0v) is 10.8. The Morgan fingerprint density at radius 3 is 2.33 bits per heavy atom. The molecule has 0 heterocycles. The Kier molecular flexibility index (Phi) is 3.26. The van der Waals surface area contributed by atoms with E-state index in [1.54, 1.807) is 12.1 Å². The van der Waals surface area contributed by atoms with Gasteiger partial charge in [0.2, 0.25) is 0 Å². The third-order valence-corrected chi connectivity index (χ3v) is 2.77. The van der Waals surface area contributed by atoms with Gasteiger partial charge in [-0.25, -0.2) is 0 Å². The molecule has 2 aromatic rings. The molecule has 2 rings (SSSR count). The van der Waals surface area contributed by atoms with Crippen molar-refractivity contribution in [1.29, 1.82) is 0 Å². The summed E-state index contributed by atoms with van der Waals surface area (Å²) in [7, 11) is 0. The molecule has 0 fully saturated rings. The van der Waals surface area contributed by atoms with Crippen LogP contribution in [0.4, 0.5) is 4.39 Å². The molecule has 0 saturated heterocycles. The zero-order chi connectivity index (χ0) is 10.7. The maximum atomic E-state index is 12.6. The SMILES string of the molecule is Fc1ccc(Oc2ccc[c]([Sn])c2)cc1. The molecule has 0 amide bonds. The third kappa shape index (κ3) is 2.96. The summed E-state index contributed by atoms with van der Waals surface area (Å²) in [6.45, 7) is 0. The van der Waals surface area contributed by atoms with Gasteiger partial charge in [-0.2, -0.15) is 0 Å². The van der Waals surface area contributed by atoms with Crippen LogP contribution >= 0.6 is 0 Å². The molecule has 0 spiro atoms. The minimum absolute atomic E-state index is 0.253. The van der Waals surface area contributed by atoms with E-state index in [9.17, 15) is 4.39 Å². The van der Waals surface area contributed by atoms with Crippen molar-refractivity contribution in [1.82, 2.24) is 0 Å². The summed E-state index contributed by atoms with van der Waals surface area (Å²) in [5.41, 5.74) is 0. The quantitative estimate of drug-likeness (QED) is 0.774. The van der Waals surface area contributed by atoms with Crippen LogP contribution in [0.3, 0.4) is 0 Å². The van der Waals surface area contributed by atoms with Gasteiger partial charge >= 0.3 is 101 Å². The van der Waals surface area contributed by atoms with Gasteiger partial charge in [-0.3, -0.25) is 0 Å². The van der Waals surface area contributed by atoms with Crippen LogP contribution in [0.25, 0.3) is 0 Å². The van der Waals surface area contributed by atoms with Crippen molar-refractivity contribution in [3.63, 3.8) is 0 Å². The van der Waals surface area contributed by atoms with Crippen LogP contribution in [0, 0.1) is 5.82 Å². The van der Waals surface area contributed by atoms with Gasteiger partial charge in [-0.15, -0.1) is 0 Å². The molecule has 15 heavy (non-hydrogen) atoms. The first-order valence-electron chi connectivity index (χ1n) is 4.49. The fourth-order valence-corrected chi connectivity index (χ4v) is 1.88. The molecule has 73 valence electrons. The summed E-state index contributed by atoms with van der Waals surface area (Å²) in [4.78, 5) is 0. The monoisotopic (exact) mass is 307 g/mol. The van der Waals surface area contributed by atoms with Gasteiger partial charge in [-0.1, -0.05) is 0 Å². The van der Waals surface area contributed by atoms with Gasteiger partial charge in [-0.05, 0) is 0 Å². The Morgan fingerprint density at radius 1 is 0.933 bits per heavy atom. The molecule has 0 bridgehead atoms. The van der Waals surface area contributed by atoms with E-state index in [0.29, 0.717) is 5.75 Å². The van der Waals surface area contributed by atoms with Gasteiger partial charge < -0.3 is 0 Å². The van der Waals surface area contributed by atoms with Gasteiger partial charge in [0.05, 0.1) is 0 Å². The fourth-order valence-electron chi connectivity index (χ4n) is 1.20. The zero-order valence-electron chi connectivity index (χ0n) is 7.91. The van der Waals surface area contributed by atoms with Crippen molar-refractivity contribution in [2.75, 3.05) is 0 Å². The van der Waals surface area contributed by atoms with Gasteiger partial charge in [0, 0.05) is 0 Å². The van der Waals surface area contributed by atoms with E-state index in [2.05, 4.69) is 0 Å². The molecule has 0 N–H and O–H groups in total. The summed E-state index contributed by atoms with van der Waals surface area (Å²) in [6, 6.07) is 13.8. The topological polar surface area (TPSA) is 9.23 Å². The number of hydrogen-bond acceptors (Lipinski definition) is 1. The fraction of sp³-hybridized carbons (Fsp3) is 0. The first-order valence-corrected chi connectivity index (χ1v) is 5.92. The van der Waals surface area contributed by atoms with E-state index in [1.165, 1.54) is 38.2 Å². The number of hydrogen-bond donors (Lipinski definition) is 0. The van der Waals surface area contributed by atoms with Crippen molar-refractivity contribution in [2.45, 2.75) is 0 Å². The maximum absolute atomic E-state index is 12.6. The molecule has 0 saturated carbocycles. The second kappa shape index (κ2) is 4.66. The second-order valence-electron chi connectivity index (χ2n) is 3.08. The number of rotatable bonds is 2. The molecule has 3 heteroatoms. The summed E-state index contributed by atoms with van der Waals surface area (Å²) >= 11 is 1.35. The molecule has 0 aliphatic heterocycles. The Labute approximate surface area is 101 Å². The van der Waals surface area contributed by atoms with E-state index in [4.69, 9.17) is 4.74 Å². The predicted molar refractivity (Wildman–Crippen MR) is 58.3 cm³/mol. The first-order chi connectivity index (χ1) is 7.24. The number of benzene rings is 2. The number of ether oxygens (including phenoxy) is 1. The van der Waals surface area contributed by atoms with Crippen LogP contribution in [-0.4, -0.2) is 22.5 Å². The van der Waals surface area contributed by atoms with Crippen molar-refractivity contribution in [2.24, 2.45) is 0 Å². The predicted octanol–water partition coefficient (Wildman–Crippen LogP) is 2.41. The molecular formula is C12H8FOSn. The molecule has 2 aromatic carbocycles. The van der Waals surface area contributed by atoms with E-state index in [0.717, 1.165) is 5.75 Å². The third-order valence-electron chi connectivity index (χ3n) is 1.88. The molecule has 1 nitrogen and oxygen atoms in total. The van der Waals surface area contributed by atoms with E-state index < -0.39 is 0 Å². The molecule has 0 atom stereocenters. The molecular weight excluding hydrogens is 298 g/mol. The van der Waals surface area contributed by atoms with Gasteiger partial charge in [0.25, 0.3) is 0 Å². The molecule has 0 aliphatic rings. The van der Waals surface area contributed by atoms with Crippen LogP contribution in [0.2, 0.25) is 0 Å². The Balaban J connectivity index is 2.18. The standard InChI is InChI=1S/C12H8FO.Sn/c13-10-6-8-12(9-7-10)14-11-4-2-1-3-5-11;/h1-2,4-9H;. The molecule has 3 radical (unpaired) electrons. The molecule has 0 unspecified atom stereocenters. The molecule has 0 aromatic heterocycles. The van der Waals surface area contributed by atoms with Crippen LogP contribution in [-0.2, 0) is 0 Å². The van der Waals surface area contributed by atoms with Gasteiger partial charge in [0.15, 0.2) is 0 Å². The average molecular weight is 306 g/mol. The van der Waals surface area contributed by atoms with E-state index in [1.807, 2.05) is 24.3 Å². The van der Waals surface area contributed by atoms with Crippen molar-refractivity contribution >= 4 is 26.1 Å². The minimum atomic E-state index is -0.253. The van der Waals surface area contributed by atoms with Crippen molar-refractivity contribution < 1.29 is 9.13 Å². The summed E-state index contributed by atoms with van der Waals surface area (Å²) in [5, 5.41) is 0. The van der Waals surface area contributed by atoms with Crippen molar-refractivity contribution in [3.8, 4) is 11.5 Å². The van der Waals surface area contributed by atoms with E-state index in [-0.39, 0.29) is 5.82 Å².